The van der Waals surface area contributed by atoms with E-state index >= 15 is 0 Å². The van der Waals surface area contributed by atoms with E-state index in [4.69, 9.17) is 9.47 Å². The predicted molar refractivity (Wildman–Crippen MR) is 102 cm³/mol. The number of carbonyl (C=O) groups is 2. The van der Waals surface area contributed by atoms with Gasteiger partial charge in [0, 0.05) is 5.69 Å². The minimum atomic E-state index is -0.446. The van der Waals surface area contributed by atoms with Gasteiger partial charge >= 0.3 is 5.97 Å². The third-order valence-corrected chi connectivity index (χ3v) is 4.36. The summed E-state index contributed by atoms with van der Waals surface area (Å²) in [7, 11) is 1.32. The Labute approximate surface area is 154 Å². The maximum atomic E-state index is 12.2. The number of amides is 1. The van der Waals surface area contributed by atoms with E-state index in [9.17, 15) is 9.59 Å². The smallest absolute Gasteiger partial charge is 0.337 e. The lowest BCUT2D eigenvalue weighted by atomic mass is 9.99. The van der Waals surface area contributed by atoms with Gasteiger partial charge in [0.2, 0.25) is 0 Å². The van der Waals surface area contributed by atoms with E-state index in [2.05, 4.69) is 19.2 Å². The lowest BCUT2D eigenvalue weighted by Crippen LogP contribution is -2.21. The van der Waals surface area contributed by atoms with Gasteiger partial charge in [0.1, 0.15) is 5.75 Å². The highest BCUT2D eigenvalue weighted by Gasteiger charge is 2.11. The van der Waals surface area contributed by atoms with Gasteiger partial charge in [-0.2, -0.15) is 0 Å². The van der Waals surface area contributed by atoms with Gasteiger partial charge in [-0.05, 0) is 54.7 Å². The third-order valence-electron chi connectivity index (χ3n) is 4.36. The highest BCUT2D eigenvalue weighted by Crippen LogP contribution is 2.22. The van der Waals surface area contributed by atoms with Crippen molar-refractivity contribution in [1.29, 1.82) is 0 Å². The normalized spacial score (nSPS) is 11.5. The number of anilines is 1. The number of esters is 1. The van der Waals surface area contributed by atoms with Crippen LogP contribution in [0.5, 0.6) is 5.75 Å². The highest BCUT2D eigenvalue weighted by molar-refractivity contribution is 5.95. The summed E-state index contributed by atoms with van der Waals surface area (Å²) in [6, 6.07) is 12.8. The molecule has 0 radical (unpaired) electrons. The average molecular weight is 355 g/mol. The standard InChI is InChI=1S/C21H25NO4/c1-5-14(2)16-8-10-18(11-9-16)26-13-20(23)22-19-12-17(21(24)25-4)7-6-15(19)3/h6-12,14H,5,13H2,1-4H3,(H,22,23)/t14-/m0/s1. The van der Waals surface area contributed by atoms with Crippen LogP contribution in [0.2, 0.25) is 0 Å². The Hall–Kier alpha value is -2.82. The summed E-state index contributed by atoms with van der Waals surface area (Å²) >= 11 is 0. The van der Waals surface area contributed by atoms with Crippen molar-refractivity contribution in [3.63, 3.8) is 0 Å². The highest BCUT2D eigenvalue weighted by atomic mass is 16.5. The Bertz CT molecular complexity index is 768. The number of hydrogen-bond acceptors (Lipinski definition) is 4. The van der Waals surface area contributed by atoms with Crippen molar-refractivity contribution in [3.05, 3.63) is 59.2 Å². The lowest BCUT2D eigenvalue weighted by molar-refractivity contribution is -0.118. The molecule has 0 fully saturated rings. The fraction of sp³-hybridized carbons (Fsp3) is 0.333. The molecule has 1 amide bonds. The molecule has 2 aromatic carbocycles. The van der Waals surface area contributed by atoms with Crippen LogP contribution in [-0.4, -0.2) is 25.6 Å². The molecule has 0 bridgehead atoms. The molecule has 0 unspecified atom stereocenters. The number of carbonyl (C=O) groups excluding carboxylic acids is 2. The van der Waals surface area contributed by atoms with Gasteiger partial charge < -0.3 is 14.8 Å². The topological polar surface area (TPSA) is 64.6 Å². The maximum absolute atomic E-state index is 12.2. The molecule has 138 valence electrons. The number of hydrogen-bond donors (Lipinski definition) is 1. The van der Waals surface area contributed by atoms with Gasteiger partial charge in [-0.15, -0.1) is 0 Å². The van der Waals surface area contributed by atoms with Crippen LogP contribution in [0.15, 0.2) is 42.5 Å². The van der Waals surface area contributed by atoms with Crippen molar-refractivity contribution in [2.75, 3.05) is 19.0 Å². The Morgan fingerprint density at radius 3 is 2.42 bits per heavy atom. The van der Waals surface area contributed by atoms with Crippen LogP contribution in [0.1, 0.15) is 47.7 Å². The molecule has 0 aliphatic rings. The zero-order valence-corrected chi connectivity index (χ0v) is 15.7. The zero-order chi connectivity index (χ0) is 19.1. The van der Waals surface area contributed by atoms with Crippen molar-refractivity contribution in [2.45, 2.75) is 33.1 Å². The first kappa shape index (κ1) is 19.5. The molecule has 2 rings (SSSR count). The monoisotopic (exact) mass is 355 g/mol. The fourth-order valence-electron chi connectivity index (χ4n) is 2.46. The first-order chi connectivity index (χ1) is 12.4. The Balaban J connectivity index is 1.95. The molecule has 26 heavy (non-hydrogen) atoms. The van der Waals surface area contributed by atoms with Gasteiger partial charge in [-0.25, -0.2) is 4.79 Å². The second-order valence-corrected chi connectivity index (χ2v) is 6.24. The van der Waals surface area contributed by atoms with E-state index in [-0.39, 0.29) is 12.5 Å². The Kier molecular flexibility index (Phi) is 6.78. The molecule has 0 saturated heterocycles. The second kappa shape index (κ2) is 9.04. The summed E-state index contributed by atoms with van der Waals surface area (Å²) in [6.07, 6.45) is 1.08. The zero-order valence-electron chi connectivity index (χ0n) is 15.7. The molecule has 0 heterocycles. The van der Waals surface area contributed by atoms with E-state index in [0.717, 1.165) is 12.0 Å². The van der Waals surface area contributed by atoms with E-state index in [0.29, 0.717) is 22.9 Å². The second-order valence-electron chi connectivity index (χ2n) is 6.24. The van der Waals surface area contributed by atoms with Crippen molar-refractivity contribution in [1.82, 2.24) is 0 Å². The minimum Gasteiger partial charge on any atom is -0.484 e. The number of aryl methyl sites for hydroxylation is 1. The van der Waals surface area contributed by atoms with E-state index < -0.39 is 5.97 Å². The molecular formula is C21H25NO4. The van der Waals surface area contributed by atoms with Gasteiger partial charge in [-0.1, -0.05) is 32.0 Å². The fourth-order valence-corrected chi connectivity index (χ4v) is 2.46. The third kappa shape index (κ3) is 5.09. The quantitative estimate of drug-likeness (QED) is 0.752. The van der Waals surface area contributed by atoms with Crippen LogP contribution in [0.3, 0.4) is 0 Å². The summed E-state index contributed by atoms with van der Waals surface area (Å²) < 4.78 is 10.2. The summed E-state index contributed by atoms with van der Waals surface area (Å²) in [6.45, 7) is 6.07. The molecule has 1 N–H and O–H groups in total. The molecule has 0 aliphatic heterocycles. The molecule has 5 heteroatoms. The van der Waals surface area contributed by atoms with Crippen LogP contribution in [0, 0.1) is 6.92 Å². The maximum Gasteiger partial charge on any atom is 0.337 e. The van der Waals surface area contributed by atoms with Crippen LogP contribution in [0.4, 0.5) is 5.69 Å². The van der Waals surface area contributed by atoms with Gasteiger partial charge in [0.05, 0.1) is 12.7 Å². The van der Waals surface area contributed by atoms with Crippen molar-refractivity contribution < 1.29 is 19.1 Å². The van der Waals surface area contributed by atoms with Crippen molar-refractivity contribution >= 4 is 17.6 Å². The predicted octanol–water partition coefficient (Wildman–Crippen LogP) is 4.31. The first-order valence-electron chi connectivity index (χ1n) is 8.66. The number of benzene rings is 2. The Morgan fingerprint density at radius 2 is 1.81 bits per heavy atom. The average Bonchev–Trinajstić information content (AvgIpc) is 2.67. The van der Waals surface area contributed by atoms with E-state index in [1.807, 2.05) is 31.2 Å². The molecule has 0 saturated carbocycles. The molecule has 5 nitrogen and oxygen atoms in total. The number of rotatable bonds is 7. The summed E-state index contributed by atoms with van der Waals surface area (Å²) in [4.78, 5) is 23.8. The van der Waals surface area contributed by atoms with Gasteiger partial charge in [0.25, 0.3) is 5.91 Å². The van der Waals surface area contributed by atoms with Crippen molar-refractivity contribution in [3.8, 4) is 5.75 Å². The van der Waals surface area contributed by atoms with Gasteiger partial charge in [0.15, 0.2) is 6.61 Å². The number of nitrogens with one attached hydrogen (secondary N) is 1. The SMILES string of the molecule is CC[C@H](C)c1ccc(OCC(=O)Nc2cc(C(=O)OC)ccc2C)cc1. The van der Waals surface area contributed by atoms with E-state index in [1.54, 1.807) is 18.2 Å². The molecule has 1 atom stereocenters. The Morgan fingerprint density at radius 1 is 1.12 bits per heavy atom. The van der Waals surface area contributed by atoms with Crippen LogP contribution >= 0.6 is 0 Å². The van der Waals surface area contributed by atoms with Gasteiger partial charge in [-0.3, -0.25) is 4.79 Å². The van der Waals surface area contributed by atoms with E-state index in [1.165, 1.54) is 12.7 Å². The number of ether oxygens (including phenoxy) is 2. The summed E-state index contributed by atoms with van der Waals surface area (Å²) in [5, 5.41) is 2.77. The number of methoxy groups -OCH3 is 1. The van der Waals surface area contributed by atoms with Crippen LogP contribution in [-0.2, 0) is 9.53 Å². The molecular weight excluding hydrogens is 330 g/mol. The summed E-state index contributed by atoms with van der Waals surface area (Å²) in [5.41, 5.74) is 3.05. The molecule has 0 aromatic heterocycles. The van der Waals surface area contributed by atoms with Crippen LogP contribution in [0.25, 0.3) is 0 Å². The largest absolute Gasteiger partial charge is 0.484 e. The minimum absolute atomic E-state index is 0.107. The first-order valence-corrected chi connectivity index (χ1v) is 8.66. The molecule has 0 spiro atoms. The summed E-state index contributed by atoms with van der Waals surface area (Å²) in [5.74, 6) is 0.406. The van der Waals surface area contributed by atoms with Crippen molar-refractivity contribution in [2.24, 2.45) is 0 Å². The lowest BCUT2D eigenvalue weighted by Gasteiger charge is -2.12. The molecule has 2 aromatic rings. The molecule has 0 aliphatic carbocycles. The van der Waals surface area contributed by atoms with Crippen LogP contribution < -0.4 is 10.1 Å².